The van der Waals surface area contributed by atoms with Gasteiger partial charge in [-0.2, -0.15) is 0 Å². The van der Waals surface area contributed by atoms with Gasteiger partial charge in [-0.1, -0.05) is 0 Å². The summed E-state index contributed by atoms with van der Waals surface area (Å²) in [6, 6.07) is 0. The molecule has 0 aromatic rings. The highest BCUT2D eigenvalue weighted by Gasteiger charge is 2.24. The van der Waals surface area contributed by atoms with Crippen LogP contribution in [0.5, 0.6) is 0 Å². The molecule has 0 aromatic carbocycles. The minimum absolute atomic E-state index is 0.613. The summed E-state index contributed by atoms with van der Waals surface area (Å²) in [6.07, 6.45) is 1.77. The average molecular weight is 142 g/mol. The Hall–Kier alpha value is -0.120. The van der Waals surface area contributed by atoms with Gasteiger partial charge in [-0.15, -0.1) is 0 Å². The van der Waals surface area contributed by atoms with Crippen LogP contribution in [0.25, 0.3) is 0 Å². The van der Waals surface area contributed by atoms with Crippen molar-refractivity contribution in [1.82, 2.24) is 10.2 Å². The summed E-state index contributed by atoms with van der Waals surface area (Å²) < 4.78 is 5.35. The zero-order valence-electron chi connectivity index (χ0n) is 6.18. The van der Waals surface area contributed by atoms with Crippen LogP contribution in [0.3, 0.4) is 0 Å². The number of rotatable bonds is 0. The fourth-order valence-electron chi connectivity index (χ4n) is 1.69. The van der Waals surface area contributed by atoms with E-state index in [4.69, 9.17) is 4.74 Å². The van der Waals surface area contributed by atoms with E-state index < -0.39 is 0 Å². The highest BCUT2D eigenvalue weighted by Crippen LogP contribution is 2.09. The van der Waals surface area contributed by atoms with E-state index in [1.807, 2.05) is 0 Å². The molecule has 0 aromatic heterocycles. The second-order valence-electron chi connectivity index (χ2n) is 2.91. The summed E-state index contributed by atoms with van der Waals surface area (Å²) in [5, 5.41) is 3.44. The number of ether oxygens (including phenoxy) is 1. The van der Waals surface area contributed by atoms with Gasteiger partial charge in [0.2, 0.25) is 0 Å². The van der Waals surface area contributed by atoms with Crippen LogP contribution in [0.15, 0.2) is 0 Å². The molecule has 0 aliphatic carbocycles. The zero-order chi connectivity index (χ0) is 6.81. The van der Waals surface area contributed by atoms with E-state index in [9.17, 15) is 0 Å². The van der Waals surface area contributed by atoms with Crippen molar-refractivity contribution in [2.24, 2.45) is 0 Å². The fourth-order valence-corrected chi connectivity index (χ4v) is 1.69. The van der Waals surface area contributed by atoms with Gasteiger partial charge >= 0.3 is 0 Å². The molecule has 10 heavy (non-hydrogen) atoms. The van der Waals surface area contributed by atoms with Gasteiger partial charge in [-0.25, -0.2) is 0 Å². The van der Waals surface area contributed by atoms with Crippen LogP contribution in [0.4, 0.5) is 0 Å². The second-order valence-corrected chi connectivity index (χ2v) is 2.91. The Morgan fingerprint density at radius 3 is 3.30 bits per heavy atom. The summed E-state index contributed by atoms with van der Waals surface area (Å²) in [5.74, 6) is 0. The number of hydrogen-bond donors (Lipinski definition) is 1. The number of nitrogens with one attached hydrogen (secondary N) is 1. The second kappa shape index (κ2) is 2.86. The molecule has 2 aliphatic rings. The topological polar surface area (TPSA) is 24.5 Å². The van der Waals surface area contributed by atoms with Crippen molar-refractivity contribution in [3.05, 3.63) is 0 Å². The molecular formula is C7H14N2O. The third-order valence-corrected chi connectivity index (χ3v) is 2.28. The van der Waals surface area contributed by atoms with Crippen molar-refractivity contribution in [3.8, 4) is 0 Å². The first-order valence-electron chi connectivity index (χ1n) is 4.02. The van der Waals surface area contributed by atoms with Crippen LogP contribution in [0.1, 0.15) is 6.42 Å². The lowest BCUT2D eigenvalue weighted by Crippen LogP contribution is -2.35. The molecule has 0 bridgehead atoms. The molecule has 0 saturated carbocycles. The van der Waals surface area contributed by atoms with Gasteiger partial charge in [0.25, 0.3) is 0 Å². The van der Waals surface area contributed by atoms with Gasteiger partial charge in [0.1, 0.15) is 0 Å². The smallest absolute Gasteiger partial charge is 0.0621 e. The van der Waals surface area contributed by atoms with Crippen LogP contribution >= 0.6 is 0 Å². The molecule has 2 saturated heterocycles. The fraction of sp³-hybridized carbons (Fsp3) is 1.00. The average Bonchev–Trinajstić information content (AvgIpc) is 2.28. The Morgan fingerprint density at radius 2 is 2.30 bits per heavy atom. The normalized spacial score (nSPS) is 35.4. The van der Waals surface area contributed by atoms with E-state index in [1.54, 1.807) is 0 Å². The summed E-state index contributed by atoms with van der Waals surface area (Å²) in [4.78, 5) is 2.47. The summed E-state index contributed by atoms with van der Waals surface area (Å²) in [5.41, 5.74) is 0. The van der Waals surface area contributed by atoms with Crippen LogP contribution in [0, 0.1) is 0 Å². The van der Waals surface area contributed by atoms with Crippen molar-refractivity contribution in [2.75, 3.05) is 32.8 Å². The Morgan fingerprint density at radius 1 is 1.30 bits per heavy atom. The predicted molar refractivity (Wildman–Crippen MR) is 38.8 cm³/mol. The maximum atomic E-state index is 5.35. The minimum atomic E-state index is 0.613. The molecule has 2 aliphatic heterocycles. The first-order chi connectivity index (χ1) is 4.97. The Labute approximate surface area is 61.3 Å². The lowest BCUT2D eigenvalue weighted by atomic mass is 10.3. The van der Waals surface area contributed by atoms with E-state index in [0.717, 1.165) is 32.7 Å². The van der Waals surface area contributed by atoms with E-state index in [2.05, 4.69) is 10.2 Å². The molecule has 1 unspecified atom stereocenters. The molecular weight excluding hydrogens is 128 g/mol. The number of fused-ring (bicyclic) bond motifs is 1. The van der Waals surface area contributed by atoms with Crippen LogP contribution in [0.2, 0.25) is 0 Å². The Kier molecular flexibility index (Phi) is 1.88. The molecule has 3 nitrogen and oxygen atoms in total. The summed E-state index contributed by atoms with van der Waals surface area (Å²) in [6.45, 7) is 5.31. The van der Waals surface area contributed by atoms with Gasteiger partial charge in [0.15, 0.2) is 0 Å². The lowest BCUT2D eigenvalue weighted by Gasteiger charge is -2.18. The molecule has 0 radical (unpaired) electrons. The molecule has 0 spiro atoms. The minimum Gasteiger partial charge on any atom is -0.380 e. The Bertz CT molecular complexity index is 106. The standard InChI is InChI=1S/C7H14N2O/c1-5-10-6-4-9-3-2-8-7(1)9/h7-8H,1-6H2. The number of hydrogen-bond acceptors (Lipinski definition) is 3. The largest absolute Gasteiger partial charge is 0.380 e. The van der Waals surface area contributed by atoms with Crippen molar-refractivity contribution in [3.63, 3.8) is 0 Å². The van der Waals surface area contributed by atoms with E-state index in [0.29, 0.717) is 6.17 Å². The highest BCUT2D eigenvalue weighted by molar-refractivity contribution is 4.78. The molecule has 2 heterocycles. The molecule has 2 rings (SSSR count). The molecule has 2 fully saturated rings. The SMILES string of the molecule is C1CN2CCOCCC2N1. The maximum absolute atomic E-state index is 5.35. The zero-order valence-corrected chi connectivity index (χ0v) is 6.18. The van der Waals surface area contributed by atoms with Crippen molar-refractivity contribution < 1.29 is 4.74 Å². The van der Waals surface area contributed by atoms with E-state index >= 15 is 0 Å². The van der Waals surface area contributed by atoms with E-state index in [1.165, 1.54) is 6.54 Å². The van der Waals surface area contributed by atoms with Crippen LogP contribution in [-0.4, -0.2) is 43.9 Å². The predicted octanol–water partition coefficient (Wildman–Crippen LogP) is -0.362. The summed E-state index contributed by atoms with van der Waals surface area (Å²) >= 11 is 0. The van der Waals surface area contributed by atoms with Crippen molar-refractivity contribution in [2.45, 2.75) is 12.6 Å². The highest BCUT2D eigenvalue weighted by atomic mass is 16.5. The first-order valence-corrected chi connectivity index (χ1v) is 4.02. The molecule has 0 amide bonds. The summed E-state index contributed by atoms with van der Waals surface area (Å²) in [7, 11) is 0. The third-order valence-electron chi connectivity index (χ3n) is 2.28. The Balaban J connectivity index is 1.95. The number of nitrogens with zero attached hydrogens (tertiary/aromatic N) is 1. The molecule has 3 heteroatoms. The lowest BCUT2D eigenvalue weighted by molar-refractivity contribution is 0.142. The quantitative estimate of drug-likeness (QED) is 0.500. The van der Waals surface area contributed by atoms with E-state index in [-0.39, 0.29) is 0 Å². The molecule has 1 N–H and O–H groups in total. The third kappa shape index (κ3) is 1.17. The van der Waals surface area contributed by atoms with Crippen LogP contribution < -0.4 is 5.32 Å². The first kappa shape index (κ1) is 6.58. The van der Waals surface area contributed by atoms with Gasteiger partial charge < -0.3 is 10.1 Å². The van der Waals surface area contributed by atoms with Crippen molar-refractivity contribution in [1.29, 1.82) is 0 Å². The molecule has 58 valence electrons. The van der Waals surface area contributed by atoms with Gasteiger partial charge in [0, 0.05) is 26.2 Å². The van der Waals surface area contributed by atoms with Gasteiger partial charge in [-0.05, 0) is 6.42 Å². The monoisotopic (exact) mass is 142 g/mol. The van der Waals surface area contributed by atoms with Crippen LogP contribution in [-0.2, 0) is 4.74 Å². The van der Waals surface area contributed by atoms with Crippen molar-refractivity contribution >= 4 is 0 Å². The van der Waals surface area contributed by atoms with Gasteiger partial charge in [-0.3, -0.25) is 4.90 Å². The van der Waals surface area contributed by atoms with Gasteiger partial charge in [0.05, 0.1) is 12.8 Å². The maximum Gasteiger partial charge on any atom is 0.0621 e. The molecule has 1 atom stereocenters.